The number of hydrogen-bond donors (Lipinski definition) is 2. The first-order valence-electron chi connectivity index (χ1n) is 7.91. The molecule has 0 bridgehead atoms. The molecule has 0 aromatic carbocycles. The molecule has 2 fully saturated rings. The summed E-state index contributed by atoms with van der Waals surface area (Å²) < 4.78 is 7.24. The van der Waals surface area contributed by atoms with Crippen LogP contribution in [-0.4, -0.2) is 64.1 Å². The van der Waals surface area contributed by atoms with Gasteiger partial charge in [0, 0.05) is 19.7 Å². The van der Waals surface area contributed by atoms with E-state index in [0.717, 1.165) is 38.2 Å². The number of nitrogens with zero attached hydrogens (tertiary/aromatic N) is 3. The minimum absolute atomic E-state index is 0.0785. The lowest BCUT2D eigenvalue weighted by Gasteiger charge is -2.36. The summed E-state index contributed by atoms with van der Waals surface area (Å²) in [4.78, 5) is 13.4. The van der Waals surface area contributed by atoms with Crippen LogP contribution in [0.5, 0.6) is 0 Å². The number of anilines is 1. The van der Waals surface area contributed by atoms with Crippen molar-refractivity contribution in [3.63, 3.8) is 0 Å². The fourth-order valence-corrected chi connectivity index (χ4v) is 3.34. The first-order chi connectivity index (χ1) is 10.6. The van der Waals surface area contributed by atoms with Gasteiger partial charge in [-0.25, -0.2) is 0 Å². The third kappa shape index (κ3) is 3.66. The Bertz CT molecular complexity index is 511. The predicted molar refractivity (Wildman–Crippen MR) is 81.4 cm³/mol. The molecular formula is C15H24N4O3. The van der Waals surface area contributed by atoms with Crippen LogP contribution in [0.3, 0.4) is 0 Å². The van der Waals surface area contributed by atoms with Gasteiger partial charge in [0.2, 0.25) is 5.91 Å². The maximum atomic E-state index is 11.0. The summed E-state index contributed by atoms with van der Waals surface area (Å²) in [6.45, 7) is 5.46. The van der Waals surface area contributed by atoms with Gasteiger partial charge in [0.15, 0.2) is 0 Å². The smallest absolute Gasteiger partial charge is 0.221 e. The van der Waals surface area contributed by atoms with Gasteiger partial charge in [-0.3, -0.25) is 14.4 Å². The van der Waals surface area contributed by atoms with E-state index in [-0.39, 0.29) is 18.1 Å². The summed E-state index contributed by atoms with van der Waals surface area (Å²) in [5.41, 5.74) is 0.746. The Morgan fingerprint density at radius 3 is 2.86 bits per heavy atom. The molecule has 0 aliphatic carbocycles. The molecule has 1 aromatic heterocycles. The number of aliphatic hydroxyl groups is 1. The third-order valence-corrected chi connectivity index (χ3v) is 4.54. The van der Waals surface area contributed by atoms with Crippen molar-refractivity contribution in [2.45, 2.75) is 38.5 Å². The molecule has 2 unspecified atom stereocenters. The molecule has 2 aliphatic heterocycles. The monoisotopic (exact) mass is 308 g/mol. The van der Waals surface area contributed by atoms with Gasteiger partial charge in [-0.1, -0.05) is 0 Å². The molecule has 3 rings (SSSR count). The van der Waals surface area contributed by atoms with Gasteiger partial charge < -0.3 is 15.2 Å². The topological polar surface area (TPSA) is 79.6 Å². The zero-order valence-corrected chi connectivity index (χ0v) is 12.9. The summed E-state index contributed by atoms with van der Waals surface area (Å²) in [6.07, 6.45) is 5.41. The van der Waals surface area contributed by atoms with E-state index in [4.69, 9.17) is 4.74 Å². The van der Waals surface area contributed by atoms with E-state index in [0.29, 0.717) is 19.1 Å². The fraction of sp³-hybridized carbons (Fsp3) is 0.733. The van der Waals surface area contributed by atoms with Crippen LogP contribution in [0, 0.1) is 5.92 Å². The minimum Gasteiger partial charge on any atom is -0.389 e. The number of carbonyl (C=O) groups excluding carboxylic acids is 1. The summed E-state index contributed by atoms with van der Waals surface area (Å²) >= 11 is 0. The number of nitrogens with one attached hydrogen (secondary N) is 1. The number of aromatic nitrogens is 2. The number of hydrogen-bond acceptors (Lipinski definition) is 5. The SMILES string of the molecule is CC(=O)Nc1cnn(CC2CCN(C3COCC3O)CC2)c1. The predicted octanol–water partition coefficient (Wildman–Crippen LogP) is 0.313. The zero-order chi connectivity index (χ0) is 15.5. The van der Waals surface area contributed by atoms with Crippen LogP contribution >= 0.6 is 0 Å². The molecule has 3 heterocycles. The van der Waals surface area contributed by atoms with Gasteiger partial charge in [0.1, 0.15) is 0 Å². The fourth-order valence-electron chi connectivity index (χ4n) is 3.34. The molecule has 1 aromatic rings. The van der Waals surface area contributed by atoms with Crippen molar-refractivity contribution in [3.8, 4) is 0 Å². The van der Waals surface area contributed by atoms with Gasteiger partial charge in [-0.15, -0.1) is 0 Å². The molecule has 2 N–H and O–H groups in total. The van der Waals surface area contributed by atoms with E-state index < -0.39 is 0 Å². The number of amides is 1. The maximum absolute atomic E-state index is 11.0. The van der Waals surface area contributed by atoms with Crippen LogP contribution in [0.4, 0.5) is 5.69 Å². The van der Waals surface area contributed by atoms with Gasteiger partial charge in [0.25, 0.3) is 0 Å². The first kappa shape index (κ1) is 15.5. The van der Waals surface area contributed by atoms with Crippen molar-refractivity contribution in [2.24, 2.45) is 5.92 Å². The quantitative estimate of drug-likeness (QED) is 0.837. The number of carbonyl (C=O) groups is 1. The van der Waals surface area contributed by atoms with Crippen LogP contribution in [-0.2, 0) is 16.1 Å². The van der Waals surface area contributed by atoms with E-state index in [1.807, 2.05) is 10.9 Å². The van der Waals surface area contributed by atoms with Crippen LogP contribution in [0.2, 0.25) is 0 Å². The summed E-state index contributed by atoms with van der Waals surface area (Å²) in [5, 5.41) is 16.9. The van der Waals surface area contributed by atoms with Crippen molar-refractivity contribution in [1.29, 1.82) is 0 Å². The summed E-state index contributed by atoms with van der Waals surface area (Å²) in [5.74, 6) is 0.506. The number of rotatable bonds is 4. The van der Waals surface area contributed by atoms with E-state index in [2.05, 4.69) is 15.3 Å². The van der Waals surface area contributed by atoms with Crippen molar-refractivity contribution < 1.29 is 14.6 Å². The maximum Gasteiger partial charge on any atom is 0.221 e. The van der Waals surface area contributed by atoms with Crippen molar-refractivity contribution in [2.75, 3.05) is 31.6 Å². The van der Waals surface area contributed by atoms with Crippen molar-refractivity contribution >= 4 is 11.6 Å². The average molecular weight is 308 g/mol. The number of piperidine rings is 1. The number of likely N-dealkylation sites (tertiary alicyclic amines) is 1. The first-order valence-corrected chi connectivity index (χ1v) is 7.91. The van der Waals surface area contributed by atoms with Gasteiger partial charge in [-0.2, -0.15) is 5.10 Å². The highest BCUT2D eigenvalue weighted by Gasteiger charge is 2.33. The zero-order valence-electron chi connectivity index (χ0n) is 12.9. The molecule has 2 saturated heterocycles. The van der Waals surface area contributed by atoms with Crippen molar-refractivity contribution in [1.82, 2.24) is 14.7 Å². The second kappa shape index (κ2) is 6.76. The highest BCUT2D eigenvalue weighted by Crippen LogP contribution is 2.24. The molecule has 0 spiro atoms. The lowest BCUT2D eigenvalue weighted by Crippen LogP contribution is -2.47. The molecule has 7 nitrogen and oxygen atoms in total. The molecule has 0 saturated carbocycles. The van der Waals surface area contributed by atoms with Crippen LogP contribution in [0.1, 0.15) is 19.8 Å². The largest absolute Gasteiger partial charge is 0.389 e. The lowest BCUT2D eigenvalue weighted by atomic mass is 9.95. The van der Waals surface area contributed by atoms with E-state index in [1.54, 1.807) is 6.20 Å². The van der Waals surface area contributed by atoms with Gasteiger partial charge >= 0.3 is 0 Å². The Labute approximate surface area is 130 Å². The lowest BCUT2D eigenvalue weighted by molar-refractivity contribution is -0.114. The van der Waals surface area contributed by atoms with Crippen molar-refractivity contribution in [3.05, 3.63) is 12.4 Å². The van der Waals surface area contributed by atoms with Crippen LogP contribution in [0.25, 0.3) is 0 Å². The average Bonchev–Trinajstić information content (AvgIpc) is 3.08. The third-order valence-electron chi connectivity index (χ3n) is 4.54. The van der Waals surface area contributed by atoms with Gasteiger partial charge in [-0.05, 0) is 31.8 Å². The molecule has 7 heteroatoms. The summed E-state index contributed by atoms with van der Waals surface area (Å²) in [7, 11) is 0. The van der Waals surface area contributed by atoms with E-state index in [9.17, 15) is 9.90 Å². The molecule has 2 atom stereocenters. The summed E-state index contributed by atoms with van der Waals surface area (Å²) in [6, 6.07) is 0.164. The molecule has 122 valence electrons. The van der Waals surface area contributed by atoms with Gasteiger partial charge in [0.05, 0.1) is 37.2 Å². The number of ether oxygens (including phenoxy) is 1. The molecule has 0 radical (unpaired) electrons. The minimum atomic E-state index is -0.345. The Hall–Kier alpha value is -1.44. The normalized spacial score (nSPS) is 27.2. The Balaban J connectivity index is 1.47. The Morgan fingerprint density at radius 2 is 2.23 bits per heavy atom. The highest BCUT2D eigenvalue weighted by molar-refractivity contribution is 5.88. The molecule has 1 amide bonds. The van der Waals surface area contributed by atoms with Crippen LogP contribution < -0.4 is 5.32 Å². The second-order valence-corrected chi connectivity index (χ2v) is 6.28. The highest BCUT2D eigenvalue weighted by atomic mass is 16.5. The molecule has 2 aliphatic rings. The Morgan fingerprint density at radius 1 is 1.45 bits per heavy atom. The van der Waals surface area contributed by atoms with E-state index >= 15 is 0 Å². The Kier molecular flexibility index (Phi) is 4.75. The van der Waals surface area contributed by atoms with Crippen LogP contribution in [0.15, 0.2) is 12.4 Å². The standard InChI is InChI=1S/C15H24N4O3/c1-11(20)17-13-6-16-19(8-13)7-12-2-4-18(5-3-12)14-9-22-10-15(14)21/h6,8,12,14-15,21H,2-5,7,9-10H2,1H3,(H,17,20). The second-order valence-electron chi connectivity index (χ2n) is 6.28. The van der Waals surface area contributed by atoms with E-state index in [1.165, 1.54) is 6.92 Å². The molecular weight excluding hydrogens is 284 g/mol. The number of aliphatic hydroxyl groups excluding tert-OH is 1. The molecule has 22 heavy (non-hydrogen) atoms.